The standard InChI is InChI=1S/C18H35N3/c1-4-18(5-2,13-19-15-6-7-15)14-21-11-10-16-8-9-17(12-21)20(16)3/h15-17,19H,4-14H2,1-3H3. The van der Waals surface area contributed by atoms with Crippen LogP contribution in [0.1, 0.15) is 58.8 Å². The molecule has 2 bridgehead atoms. The van der Waals surface area contributed by atoms with Crippen LogP contribution >= 0.6 is 0 Å². The average molecular weight is 293 g/mol. The van der Waals surface area contributed by atoms with Crippen molar-refractivity contribution in [2.24, 2.45) is 5.41 Å². The first-order chi connectivity index (χ1) is 10.2. The number of hydrogen-bond acceptors (Lipinski definition) is 3. The minimum absolute atomic E-state index is 0.491. The van der Waals surface area contributed by atoms with Gasteiger partial charge in [-0.15, -0.1) is 0 Å². The second-order valence-corrected chi connectivity index (χ2v) is 7.94. The van der Waals surface area contributed by atoms with Crippen molar-refractivity contribution in [1.82, 2.24) is 15.1 Å². The summed E-state index contributed by atoms with van der Waals surface area (Å²) in [5.41, 5.74) is 0.491. The van der Waals surface area contributed by atoms with E-state index >= 15 is 0 Å². The first-order valence-electron chi connectivity index (χ1n) is 9.33. The molecule has 2 saturated heterocycles. The largest absolute Gasteiger partial charge is 0.313 e. The lowest BCUT2D eigenvalue weighted by molar-refractivity contribution is 0.124. The van der Waals surface area contributed by atoms with Gasteiger partial charge in [-0.25, -0.2) is 0 Å². The number of rotatable bonds is 7. The first kappa shape index (κ1) is 15.8. The predicted molar refractivity (Wildman–Crippen MR) is 89.7 cm³/mol. The highest BCUT2D eigenvalue weighted by atomic mass is 15.3. The SMILES string of the molecule is CCC(CC)(CNC1CC1)CN1CCC2CCC(C1)N2C. The van der Waals surface area contributed by atoms with E-state index in [1.54, 1.807) is 0 Å². The maximum Gasteiger partial charge on any atom is 0.0223 e. The third-order valence-corrected chi connectivity index (χ3v) is 6.63. The zero-order valence-corrected chi connectivity index (χ0v) is 14.4. The van der Waals surface area contributed by atoms with Gasteiger partial charge in [-0.3, -0.25) is 4.90 Å². The fourth-order valence-corrected chi connectivity index (χ4v) is 4.42. The Bertz CT molecular complexity index is 335. The van der Waals surface area contributed by atoms with Crippen LogP contribution in [0.3, 0.4) is 0 Å². The summed E-state index contributed by atoms with van der Waals surface area (Å²) in [7, 11) is 2.35. The number of nitrogens with zero attached hydrogens (tertiary/aromatic N) is 2. The number of fused-ring (bicyclic) bond motifs is 2. The van der Waals surface area contributed by atoms with Gasteiger partial charge in [-0.2, -0.15) is 0 Å². The van der Waals surface area contributed by atoms with Crippen molar-refractivity contribution in [2.75, 3.05) is 33.2 Å². The molecular formula is C18H35N3. The monoisotopic (exact) mass is 293 g/mol. The summed E-state index contributed by atoms with van der Waals surface area (Å²) in [4.78, 5) is 5.46. The number of likely N-dealkylation sites (tertiary alicyclic amines) is 1. The van der Waals surface area contributed by atoms with E-state index in [0.29, 0.717) is 5.41 Å². The fourth-order valence-electron chi connectivity index (χ4n) is 4.42. The second-order valence-electron chi connectivity index (χ2n) is 7.94. The predicted octanol–water partition coefficient (Wildman–Crippen LogP) is 2.71. The van der Waals surface area contributed by atoms with Gasteiger partial charge >= 0.3 is 0 Å². The van der Waals surface area contributed by atoms with Gasteiger partial charge in [-0.05, 0) is 64.0 Å². The van der Waals surface area contributed by atoms with Crippen LogP contribution in [0.4, 0.5) is 0 Å². The van der Waals surface area contributed by atoms with Gasteiger partial charge < -0.3 is 10.2 Å². The highest BCUT2D eigenvalue weighted by Crippen LogP contribution is 2.33. The molecular weight excluding hydrogens is 258 g/mol. The lowest BCUT2D eigenvalue weighted by Crippen LogP contribution is -2.46. The molecule has 3 fully saturated rings. The Morgan fingerprint density at radius 2 is 1.71 bits per heavy atom. The van der Waals surface area contributed by atoms with Crippen LogP contribution in [0.15, 0.2) is 0 Å². The summed E-state index contributed by atoms with van der Waals surface area (Å²) in [5, 5.41) is 3.81. The summed E-state index contributed by atoms with van der Waals surface area (Å²) in [6, 6.07) is 2.52. The third kappa shape index (κ3) is 3.62. The van der Waals surface area contributed by atoms with Crippen molar-refractivity contribution in [3.8, 4) is 0 Å². The molecule has 3 nitrogen and oxygen atoms in total. The van der Waals surface area contributed by atoms with Crippen molar-refractivity contribution in [3.05, 3.63) is 0 Å². The highest BCUT2D eigenvalue weighted by Gasteiger charge is 2.37. The van der Waals surface area contributed by atoms with Gasteiger partial charge in [0.25, 0.3) is 0 Å². The number of likely N-dealkylation sites (N-methyl/N-ethyl adjacent to an activating group) is 1. The topological polar surface area (TPSA) is 18.5 Å². The Labute approximate surface area is 131 Å². The fraction of sp³-hybridized carbons (Fsp3) is 1.00. The molecule has 3 heteroatoms. The first-order valence-corrected chi connectivity index (χ1v) is 9.33. The molecule has 3 rings (SSSR count). The van der Waals surface area contributed by atoms with E-state index in [0.717, 1.165) is 18.1 Å². The van der Waals surface area contributed by atoms with E-state index < -0.39 is 0 Å². The Morgan fingerprint density at radius 3 is 2.38 bits per heavy atom. The van der Waals surface area contributed by atoms with Gasteiger partial charge in [0, 0.05) is 37.8 Å². The zero-order valence-electron chi connectivity index (χ0n) is 14.4. The van der Waals surface area contributed by atoms with Gasteiger partial charge in [0.15, 0.2) is 0 Å². The van der Waals surface area contributed by atoms with E-state index in [9.17, 15) is 0 Å². The molecule has 1 N–H and O–H groups in total. The molecule has 21 heavy (non-hydrogen) atoms. The molecule has 3 aliphatic rings. The van der Waals surface area contributed by atoms with Gasteiger partial charge in [0.05, 0.1) is 0 Å². The Hall–Kier alpha value is -0.120. The molecule has 2 aliphatic heterocycles. The van der Waals surface area contributed by atoms with Crippen molar-refractivity contribution < 1.29 is 0 Å². The van der Waals surface area contributed by atoms with Crippen LogP contribution in [0.25, 0.3) is 0 Å². The van der Waals surface area contributed by atoms with E-state index in [-0.39, 0.29) is 0 Å². The maximum absolute atomic E-state index is 3.81. The van der Waals surface area contributed by atoms with E-state index in [1.807, 2.05) is 0 Å². The van der Waals surface area contributed by atoms with Crippen LogP contribution in [-0.4, -0.2) is 61.2 Å². The molecule has 0 radical (unpaired) electrons. The minimum atomic E-state index is 0.491. The van der Waals surface area contributed by atoms with Crippen LogP contribution in [0, 0.1) is 5.41 Å². The normalized spacial score (nSPS) is 31.6. The minimum Gasteiger partial charge on any atom is -0.313 e. The maximum atomic E-state index is 3.81. The summed E-state index contributed by atoms with van der Waals surface area (Å²) in [5.74, 6) is 0. The Balaban J connectivity index is 1.59. The van der Waals surface area contributed by atoms with Crippen LogP contribution in [0.5, 0.6) is 0 Å². The van der Waals surface area contributed by atoms with Gasteiger partial charge in [0.1, 0.15) is 0 Å². The van der Waals surface area contributed by atoms with Crippen LogP contribution in [-0.2, 0) is 0 Å². The smallest absolute Gasteiger partial charge is 0.0223 e. The molecule has 122 valence electrons. The number of nitrogens with one attached hydrogen (secondary N) is 1. The molecule has 0 aromatic rings. The summed E-state index contributed by atoms with van der Waals surface area (Å²) < 4.78 is 0. The quantitative estimate of drug-likeness (QED) is 0.778. The zero-order chi connectivity index (χ0) is 14.9. The summed E-state index contributed by atoms with van der Waals surface area (Å²) in [6.07, 6.45) is 9.66. The van der Waals surface area contributed by atoms with Crippen LogP contribution in [0.2, 0.25) is 0 Å². The van der Waals surface area contributed by atoms with Gasteiger partial charge in [-0.1, -0.05) is 13.8 Å². The van der Waals surface area contributed by atoms with E-state index in [4.69, 9.17) is 0 Å². The molecule has 1 saturated carbocycles. The average Bonchev–Trinajstić information content (AvgIpc) is 3.26. The molecule has 0 spiro atoms. The molecule has 2 atom stereocenters. The van der Waals surface area contributed by atoms with E-state index in [2.05, 4.69) is 36.0 Å². The number of hydrogen-bond donors (Lipinski definition) is 1. The molecule has 2 unspecified atom stereocenters. The summed E-state index contributed by atoms with van der Waals surface area (Å²) >= 11 is 0. The molecule has 0 amide bonds. The lowest BCUT2D eigenvalue weighted by atomic mass is 9.81. The lowest BCUT2D eigenvalue weighted by Gasteiger charge is -2.38. The van der Waals surface area contributed by atoms with Crippen LogP contribution < -0.4 is 5.32 Å². The van der Waals surface area contributed by atoms with Crippen molar-refractivity contribution >= 4 is 0 Å². The molecule has 0 aromatic carbocycles. The summed E-state index contributed by atoms with van der Waals surface area (Å²) in [6.45, 7) is 9.94. The molecule has 1 aliphatic carbocycles. The molecule has 2 heterocycles. The van der Waals surface area contributed by atoms with E-state index in [1.165, 1.54) is 71.1 Å². The van der Waals surface area contributed by atoms with Crippen molar-refractivity contribution in [3.63, 3.8) is 0 Å². The van der Waals surface area contributed by atoms with Gasteiger partial charge in [0.2, 0.25) is 0 Å². The Kier molecular flexibility index (Phi) is 4.92. The van der Waals surface area contributed by atoms with Crippen molar-refractivity contribution in [2.45, 2.75) is 76.9 Å². The highest BCUT2D eigenvalue weighted by molar-refractivity contribution is 4.94. The third-order valence-electron chi connectivity index (χ3n) is 6.63. The molecule has 0 aromatic heterocycles. The Morgan fingerprint density at radius 1 is 1.00 bits per heavy atom. The second kappa shape index (κ2) is 6.55. The van der Waals surface area contributed by atoms with Crippen molar-refractivity contribution in [1.29, 1.82) is 0 Å².